The van der Waals surface area contributed by atoms with Gasteiger partial charge >= 0.3 is 0 Å². The fraction of sp³-hybridized carbons (Fsp3) is 0.692. The van der Waals surface area contributed by atoms with Crippen LogP contribution in [0, 0.1) is 11.8 Å². The van der Waals surface area contributed by atoms with Crippen molar-refractivity contribution in [3.05, 3.63) is 23.8 Å². The Hall–Kier alpha value is -1.93. The van der Waals surface area contributed by atoms with Gasteiger partial charge in [0.1, 0.15) is 0 Å². The number of benzene rings is 1. The Kier molecular flexibility index (Phi) is 7.97. The van der Waals surface area contributed by atoms with Crippen LogP contribution in [0.3, 0.4) is 0 Å². The van der Waals surface area contributed by atoms with Crippen LogP contribution in [0.2, 0.25) is 0 Å². The number of amides is 2. The number of hydrogen-bond donors (Lipinski definition) is 2. The molecule has 1 atom stereocenters. The molecule has 2 fully saturated rings. The quantitative estimate of drug-likeness (QED) is 0.592. The van der Waals surface area contributed by atoms with Crippen LogP contribution in [-0.4, -0.2) is 38.9 Å². The molecule has 0 unspecified atom stereocenters. The van der Waals surface area contributed by atoms with E-state index in [0.29, 0.717) is 19.0 Å². The molecule has 0 spiro atoms. The third kappa shape index (κ3) is 5.82. The molecule has 7 nitrogen and oxygen atoms in total. The van der Waals surface area contributed by atoms with Gasteiger partial charge in [0.2, 0.25) is 21.8 Å². The first-order valence-electron chi connectivity index (χ1n) is 13.0. The SMILES string of the molecule is CC(=O)N1c2ccc(S(=O)(=O)NCC3CCC(C(=O)NC4CCCCCC4)CC3)cc2C[C@@H]1C. The molecule has 0 bridgehead atoms. The molecule has 8 heteroatoms. The normalized spacial score (nSPS) is 26.1. The van der Waals surface area contributed by atoms with Crippen LogP contribution in [0.1, 0.15) is 83.6 Å². The molecule has 2 aliphatic carbocycles. The Morgan fingerprint density at radius 3 is 2.32 bits per heavy atom. The predicted molar refractivity (Wildman–Crippen MR) is 133 cm³/mol. The van der Waals surface area contributed by atoms with Gasteiger partial charge in [-0.3, -0.25) is 9.59 Å². The van der Waals surface area contributed by atoms with Crippen LogP contribution in [0.15, 0.2) is 23.1 Å². The van der Waals surface area contributed by atoms with Gasteiger partial charge in [-0.15, -0.1) is 0 Å². The number of anilines is 1. The van der Waals surface area contributed by atoms with Crippen molar-refractivity contribution in [3.63, 3.8) is 0 Å². The van der Waals surface area contributed by atoms with Gasteiger partial charge < -0.3 is 10.2 Å². The molecule has 2 amide bonds. The fourth-order valence-corrected chi connectivity index (χ4v) is 7.10. The summed E-state index contributed by atoms with van der Waals surface area (Å²) in [5.41, 5.74) is 1.70. The number of sulfonamides is 1. The van der Waals surface area contributed by atoms with E-state index in [2.05, 4.69) is 10.0 Å². The van der Waals surface area contributed by atoms with E-state index in [1.165, 1.54) is 32.6 Å². The first-order chi connectivity index (χ1) is 16.2. The Balaban J connectivity index is 1.27. The molecular formula is C26H39N3O4S. The van der Waals surface area contributed by atoms with E-state index in [0.717, 1.165) is 49.8 Å². The van der Waals surface area contributed by atoms with Crippen molar-refractivity contribution in [2.75, 3.05) is 11.4 Å². The zero-order chi connectivity index (χ0) is 24.3. The van der Waals surface area contributed by atoms with E-state index < -0.39 is 10.0 Å². The minimum Gasteiger partial charge on any atom is -0.353 e. The fourth-order valence-electron chi connectivity index (χ4n) is 5.94. The molecule has 188 valence electrons. The minimum atomic E-state index is -3.62. The lowest BCUT2D eigenvalue weighted by Crippen LogP contribution is -2.40. The zero-order valence-corrected chi connectivity index (χ0v) is 21.3. The molecule has 34 heavy (non-hydrogen) atoms. The number of fused-ring (bicyclic) bond motifs is 1. The van der Waals surface area contributed by atoms with Crippen LogP contribution in [0.4, 0.5) is 5.69 Å². The van der Waals surface area contributed by atoms with Gasteiger partial charge in [-0.2, -0.15) is 0 Å². The zero-order valence-electron chi connectivity index (χ0n) is 20.5. The summed E-state index contributed by atoms with van der Waals surface area (Å²) in [5, 5.41) is 3.28. The van der Waals surface area contributed by atoms with Crippen LogP contribution in [0.25, 0.3) is 0 Å². The van der Waals surface area contributed by atoms with Gasteiger partial charge in [0.05, 0.1) is 4.90 Å². The third-order valence-corrected chi connectivity index (χ3v) is 9.32. The van der Waals surface area contributed by atoms with Crippen molar-refractivity contribution in [1.29, 1.82) is 0 Å². The van der Waals surface area contributed by atoms with E-state index in [9.17, 15) is 18.0 Å². The lowest BCUT2D eigenvalue weighted by Gasteiger charge is -2.29. The first-order valence-corrected chi connectivity index (χ1v) is 14.5. The average Bonchev–Trinajstić information content (AvgIpc) is 2.94. The second-order valence-corrected chi connectivity index (χ2v) is 12.3. The summed E-state index contributed by atoms with van der Waals surface area (Å²) >= 11 is 0. The predicted octanol–water partition coefficient (Wildman–Crippen LogP) is 3.91. The van der Waals surface area contributed by atoms with Crippen molar-refractivity contribution >= 4 is 27.5 Å². The maximum atomic E-state index is 12.9. The van der Waals surface area contributed by atoms with Gasteiger partial charge in [-0.1, -0.05) is 25.7 Å². The summed E-state index contributed by atoms with van der Waals surface area (Å²) in [6.07, 6.45) is 11.2. The summed E-state index contributed by atoms with van der Waals surface area (Å²) in [4.78, 5) is 26.6. The Labute approximate surface area is 204 Å². The topological polar surface area (TPSA) is 95.6 Å². The highest BCUT2D eigenvalue weighted by molar-refractivity contribution is 7.89. The summed E-state index contributed by atoms with van der Waals surface area (Å²) in [6, 6.07) is 5.40. The average molecular weight is 490 g/mol. The second kappa shape index (κ2) is 10.8. The van der Waals surface area contributed by atoms with Crippen molar-refractivity contribution in [3.8, 4) is 0 Å². The Bertz CT molecular complexity index is 993. The lowest BCUT2D eigenvalue weighted by atomic mass is 9.81. The van der Waals surface area contributed by atoms with Crippen molar-refractivity contribution < 1.29 is 18.0 Å². The number of rotatable bonds is 6. The standard InChI is InChI=1S/C26H39N3O4S/c1-18-15-22-16-24(13-14-25(22)29(18)19(2)30)34(32,33)27-17-20-9-11-21(12-10-20)26(31)28-23-7-5-3-4-6-8-23/h13-14,16,18,20-21,23,27H,3-12,15,17H2,1-2H3,(H,28,31)/t18-,20?,21?/m0/s1. The highest BCUT2D eigenvalue weighted by Gasteiger charge is 2.31. The van der Waals surface area contributed by atoms with Crippen molar-refractivity contribution in [2.24, 2.45) is 11.8 Å². The van der Waals surface area contributed by atoms with E-state index in [1.54, 1.807) is 23.1 Å². The summed E-state index contributed by atoms with van der Waals surface area (Å²) in [5.74, 6) is 0.467. The van der Waals surface area contributed by atoms with Crippen LogP contribution >= 0.6 is 0 Å². The summed E-state index contributed by atoms with van der Waals surface area (Å²) in [6.45, 7) is 3.90. The van der Waals surface area contributed by atoms with Crippen LogP contribution in [-0.2, 0) is 26.0 Å². The number of carbonyl (C=O) groups excluding carboxylic acids is 2. The number of nitrogens with zero attached hydrogens (tertiary/aromatic N) is 1. The summed E-state index contributed by atoms with van der Waals surface area (Å²) in [7, 11) is -3.62. The van der Waals surface area contributed by atoms with E-state index >= 15 is 0 Å². The molecule has 2 N–H and O–H groups in total. The largest absolute Gasteiger partial charge is 0.353 e. The molecule has 1 aromatic rings. The molecule has 4 rings (SSSR count). The van der Waals surface area contributed by atoms with Gasteiger partial charge in [-0.05, 0) is 81.5 Å². The summed E-state index contributed by atoms with van der Waals surface area (Å²) < 4.78 is 28.7. The van der Waals surface area contributed by atoms with Crippen LogP contribution < -0.4 is 14.9 Å². The molecule has 0 saturated heterocycles. The van der Waals surface area contributed by atoms with E-state index in [1.807, 2.05) is 6.92 Å². The Morgan fingerprint density at radius 2 is 1.68 bits per heavy atom. The van der Waals surface area contributed by atoms with Gasteiger partial charge in [0.15, 0.2) is 0 Å². The van der Waals surface area contributed by atoms with Gasteiger partial charge in [-0.25, -0.2) is 13.1 Å². The molecule has 0 aromatic heterocycles. The smallest absolute Gasteiger partial charge is 0.240 e. The van der Waals surface area contributed by atoms with Crippen molar-refractivity contribution in [1.82, 2.24) is 10.0 Å². The maximum Gasteiger partial charge on any atom is 0.240 e. The third-order valence-electron chi connectivity index (χ3n) is 7.90. The second-order valence-electron chi connectivity index (χ2n) is 10.5. The molecule has 1 aromatic carbocycles. The van der Waals surface area contributed by atoms with Gasteiger partial charge in [0.25, 0.3) is 0 Å². The van der Waals surface area contributed by atoms with E-state index in [4.69, 9.17) is 0 Å². The van der Waals surface area contributed by atoms with E-state index in [-0.39, 0.29) is 34.6 Å². The van der Waals surface area contributed by atoms with Crippen molar-refractivity contribution in [2.45, 2.75) is 101 Å². The first kappa shape index (κ1) is 25.2. The monoisotopic (exact) mass is 489 g/mol. The molecule has 2 saturated carbocycles. The molecule has 0 radical (unpaired) electrons. The molecule has 1 heterocycles. The minimum absolute atomic E-state index is 0.0292. The highest BCUT2D eigenvalue weighted by Crippen LogP contribution is 2.34. The molecule has 1 aliphatic heterocycles. The lowest BCUT2D eigenvalue weighted by molar-refractivity contribution is -0.127. The number of hydrogen-bond acceptors (Lipinski definition) is 4. The molecular weight excluding hydrogens is 450 g/mol. The number of nitrogens with one attached hydrogen (secondary N) is 2. The maximum absolute atomic E-state index is 12.9. The van der Waals surface area contributed by atoms with Crippen LogP contribution in [0.5, 0.6) is 0 Å². The van der Waals surface area contributed by atoms with Gasteiger partial charge in [0, 0.05) is 37.2 Å². The number of carbonyl (C=O) groups is 2. The highest BCUT2D eigenvalue weighted by atomic mass is 32.2. The Morgan fingerprint density at radius 1 is 1.00 bits per heavy atom. The molecule has 3 aliphatic rings.